The second kappa shape index (κ2) is 5.04. The van der Waals surface area contributed by atoms with Gasteiger partial charge in [-0.25, -0.2) is 0 Å². The third-order valence-corrected chi connectivity index (χ3v) is 3.60. The summed E-state index contributed by atoms with van der Waals surface area (Å²) in [5, 5.41) is 3.45. The van der Waals surface area contributed by atoms with Gasteiger partial charge in [0.05, 0.1) is 18.4 Å². The van der Waals surface area contributed by atoms with Gasteiger partial charge in [-0.3, -0.25) is 4.79 Å². The Morgan fingerprint density at radius 3 is 2.75 bits per heavy atom. The summed E-state index contributed by atoms with van der Waals surface area (Å²) >= 11 is 0. The number of nitrogens with zero attached hydrogens (tertiary/aromatic N) is 1. The highest BCUT2D eigenvalue weighted by Crippen LogP contribution is 2.29. The lowest BCUT2D eigenvalue weighted by Crippen LogP contribution is -2.50. The average molecular weight is 270 g/mol. The maximum Gasteiger partial charge on any atom is 0.258 e. The number of anilines is 1. The number of furan rings is 1. The molecule has 0 aliphatic carbocycles. The molecule has 1 aromatic heterocycles. The standard InChI is InChI=1S/C16H18N2O2/c1-11(2)15-17-14-8-4-3-7-13(14)16(19)18(15)10-12-6-5-9-20-12/h3-9,11,15,17H,10H2,1-2H3. The molecule has 1 amide bonds. The fourth-order valence-corrected chi connectivity index (χ4v) is 2.58. The van der Waals surface area contributed by atoms with Gasteiger partial charge in [-0.1, -0.05) is 26.0 Å². The molecular formula is C16H18N2O2. The molecule has 0 fully saturated rings. The molecule has 1 atom stereocenters. The van der Waals surface area contributed by atoms with E-state index in [9.17, 15) is 4.79 Å². The van der Waals surface area contributed by atoms with Crippen molar-refractivity contribution in [3.8, 4) is 0 Å². The van der Waals surface area contributed by atoms with Gasteiger partial charge in [-0.05, 0) is 30.2 Å². The van der Waals surface area contributed by atoms with Gasteiger partial charge in [0.15, 0.2) is 0 Å². The van der Waals surface area contributed by atoms with Crippen LogP contribution in [0.2, 0.25) is 0 Å². The van der Waals surface area contributed by atoms with Crippen LogP contribution in [0.25, 0.3) is 0 Å². The fourth-order valence-electron chi connectivity index (χ4n) is 2.58. The first-order chi connectivity index (χ1) is 9.66. The van der Waals surface area contributed by atoms with Crippen LogP contribution >= 0.6 is 0 Å². The summed E-state index contributed by atoms with van der Waals surface area (Å²) in [6.45, 7) is 4.69. The van der Waals surface area contributed by atoms with Crippen LogP contribution in [-0.4, -0.2) is 17.0 Å². The summed E-state index contributed by atoms with van der Waals surface area (Å²) < 4.78 is 5.38. The second-order valence-corrected chi connectivity index (χ2v) is 5.39. The predicted molar refractivity (Wildman–Crippen MR) is 77.3 cm³/mol. The summed E-state index contributed by atoms with van der Waals surface area (Å²) in [6.07, 6.45) is 1.61. The number of benzene rings is 1. The summed E-state index contributed by atoms with van der Waals surface area (Å²) in [5.74, 6) is 1.15. The van der Waals surface area contributed by atoms with Gasteiger partial charge in [-0.2, -0.15) is 0 Å². The Kier molecular flexibility index (Phi) is 3.22. The van der Waals surface area contributed by atoms with Crippen molar-refractivity contribution in [1.29, 1.82) is 0 Å². The molecular weight excluding hydrogens is 252 g/mol. The summed E-state index contributed by atoms with van der Waals surface area (Å²) in [4.78, 5) is 14.5. The second-order valence-electron chi connectivity index (χ2n) is 5.39. The van der Waals surface area contributed by atoms with E-state index >= 15 is 0 Å². The molecule has 2 aromatic rings. The smallest absolute Gasteiger partial charge is 0.258 e. The number of nitrogens with one attached hydrogen (secondary N) is 1. The van der Waals surface area contributed by atoms with Crippen molar-refractivity contribution in [3.05, 3.63) is 54.0 Å². The number of rotatable bonds is 3. The molecule has 0 spiro atoms. The number of carbonyl (C=O) groups is 1. The van der Waals surface area contributed by atoms with Gasteiger partial charge >= 0.3 is 0 Å². The minimum atomic E-state index is -0.0255. The van der Waals surface area contributed by atoms with Gasteiger partial charge in [0, 0.05) is 5.69 Å². The number of para-hydroxylation sites is 1. The van der Waals surface area contributed by atoms with E-state index in [1.807, 2.05) is 41.3 Å². The molecule has 3 rings (SSSR count). The lowest BCUT2D eigenvalue weighted by molar-refractivity contribution is 0.0603. The van der Waals surface area contributed by atoms with E-state index in [0.29, 0.717) is 12.5 Å². The molecule has 104 valence electrons. The predicted octanol–water partition coefficient (Wildman–Crippen LogP) is 3.33. The highest BCUT2D eigenvalue weighted by molar-refractivity contribution is 6.01. The summed E-state index contributed by atoms with van der Waals surface area (Å²) in [5.41, 5.74) is 1.63. The van der Waals surface area contributed by atoms with Crippen molar-refractivity contribution < 1.29 is 9.21 Å². The van der Waals surface area contributed by atoms with Crippen molar-refractivity contribution in [2.75, 3.05) is 5.32 Å². The zero-order valence-corrected chi connectivity index (χ0v) is 11.7. The van der Waals surface area contributed by atoms with Crippen molar-refractivity contribution >= 4 is 11.6 Å². The normalized spacial score (nSPS) is 18.1. The maximum atomic E-state index is 12.7. The van der Waals surface area contributed by atoms with Crippen LogP contribution in [0.1, 0.15) is 30.0 Å². The van der Waals surface area contributed by atoms with Gasteiger partial charge in [0.25, 0.3) is 5.91 Å². The minimum absolute atomic E-state index is 0.0255. The zero-order valence-electron chi connectivity index (χ0n) is 11.7. The number of hydrogen-bond donors (Lipinski definition) is 1. The summed E-state index contributed by atoms with van der Waals surface area (Å²) in [7, 11) is 0. The number of fused-ring (bicyclic) bond motifs is 1. The van der Waals surface area contributed by atoms with E-state index in [2.05, 4.69) is 19.2 Å². The minimum Gasteiger partial charge on any atom is -0.467 e. The number of amides is 1. The van der Waals surface area contributed by atoms with E-state index < -0.39 is 0 Å². The highest BCUT2D eigenvalue weighted by Gasteiger charge is 2.33. The van der Waals surface area contributed by atoms with Crippen molar-refractivity contribution in [2.24, 2.45) is 5.92 Å². The quantitative estimate of drug-likeness (QED) is 0.930. The van der Waals surface area contributed by atoms with Crippen LogP contribution in [0.15, 0.2) is 47.1 Å². The van der Waals surface area contributed by atoms with Crippen LogP contribution in [0, 0.1) is 5.92 Å². The molecule has 1 aromatic carbocycles. The highest BCUT2D eigenvalue weighted by atomic mass is 16.3. The Morgan fingerprint density at radius 2 is 2.05 bits per heavy atom. The average Bonchev–Trinajstić information content (AvgIpc) is 2.94. The van der Waals surface area contributed by atoms with Crippen LogP contribution < -0.4 is 5.32 Å². The van der Waals surface area contributed by atoms with E-state index in [1.165, 1.54) is 0 Å². The van der Waals surface area contributed by atoms with E-state index in [-0.39, 0.29) is 12.1 Å². The molecule has 0 saturated heterocycles. The van der Waals surface area contributed by atoms with Crippen LogP contribution in [-0.2, 0) is 6.54 Å². The van der Waals surface area contributed by atoms with Gasteiger partial charge < -0.3 is 14.6 Å². The van der Waals surface area contributed by atoms with Crippen LogP contribution in [0.3, 0.4) is 0 Å². The molecule has 0 bridgehead atoms. The Morgan fingerprint density at radius 1 is 1.25 bits per heavy atom. The van der Waals surface area contributed by atoms with Crippen molar-refractivity contribution in [1.82, 2.24) is 4.90 Å². The van der Waals surface area contributed by atoms with Gasteiger partial charge in [0.1, 0.15) is 11.9 Å². The van der Waals surface area contributed by atoms with E-state index in [1.54, 1.807) is 6.26 Å². The first-order valence-corrected chi connectivity index (χ1v) is 6.85. The molecule has 4 nitrogen and oxygen atoms in total. The largest absolute Gasteiger partial charge is 0.467 e. The van der Waals surface area contributed by atoms with Crippen molar-refractivity contribution in [2.45, 2.75) is 26.6 Å². The molecule has 1 N–H and O–H groups in total. The van der Waals surface area contributed by atoms with Crippen LogP contribution in [0.4, 0.5) is 5.69 Å². The van der Waals surface area contributed by atoms with Crippen LogP contribution in [0.5, 0.6) is 0 Å². The molecule has 0 saturated carbocycles. The SMILES string of the molecule is CC(C)C1Nc2ccccc2C(=O)N1Cc1ccco1. The molecule has 1 aliphatic rings. The van der Waals surface area contributed by atoms with Gasteiger partial charge in [0.2, 0.25) is 0 Å². The van der Waals surface area contributed by atoms with E-state index in [0.717, 1.165) is 17.0 Å². The lowest BCUT2D eigenvalue weighted by Gasteiger charge is -2.39. The zero-order chi connectivity index (χ0) is 14.1. The molecule has 0 radical (unpaired) electrons. The Labute approximate surface area is 118 Å². The molecule has 1 unspecified atom stereocenters. The first kappa shape index (κ1) is 12.8. The van der Waals surface area contributed by atoms with Crippen molar-refractivity contribution in [3.63, 3.8) is 0 Å². The molecule has 1 aliphatic heterocycles. The molecule has 4 heteroatoms. The third-order valence-electron chi connectivity index (χ3n) is 3.60. The first-order valence-electron chi connectivity index (χ1n) is 6.85. The fraction of sp³-hybridized carbons (Fsp3) is 0.312. The van der Waals surface area contributed by atoms with E-state index in [4.69, 9.17) is 4.42 Å². The molecule has 20 heavy (non-hydrogen) atoms. The molecule has 2 heterocycles. The Bertz CT molecular complexity index is 605. The monoisotopic (exact) mass is 270 g/mol. The topological polar surface area (TPSA) is 45.5 Å². The summed E-state index contributed by atoms with van der Waals surface area (Å²) in [6, 6.07) is 11.4. The maximum absolute atomic E-state index is 12.7. The lowest BCUT2D eigenvalue weighted by atomic mass is 10.0. The third kappa shape index (κ3) is 2.18. The number of carbonyl (C=O) groups excluding carboxylic acids is 1. The number of hydrogen-bond acceptors (Lipinski definition) is 3. The van der Waals surface area contributed by atoms with Gasteiger partial charge in [-0.15, -0.1) is 0 Å². The Hall–Kier alpha value is -2.23. The Balaban J connectivity index is 1.96.